The van der Waals surface area contributed by atoms with Gasteiger partial charge in [0.25, 0.3) is 0 Å². The molecule has 0 amide bonds. The summed E-state index contributed by atoms with van der Waals surface area (Å²) in [6.07, 6.45) is 1.85. The van der Waals surface area contributed by atoms with E-state index in [2.05, 4.69) is 39.5 Å². The molecule has 0 spiro atoms. The number of aliphatic hydroxyl groups excluding tert-OH is 1. The van der Waals surface area contributed by atoms with Crippen LogP contribution in [-0.4, -0.2) is 35.7 Å². The van der Waals surface area contributed by atoms with E-state index in [1.807, 2.05) is 0 Å². The van der Waals surface area contributed by atoms with Gasteiger partial charge in [0.15, 0.2) is 0 Å². The molecule has 0 aliphatic carbocycles. The minimum Gasteiger partial charge on any atom is -0.392 e. The molecule has 0 aromatic carbocycles. The Hall–Kier alpha value is -0.0800. The lowest BCUT2D eigenvalue weighted by Crippen LogP contribution is -2.37. The SMILES string of the molecule is CCCC(O)CN(CC(C)C)CC(C)C. The molecule has 0 saturated heterocycles. The first-order valence-electron chi connectivity index (χ1n) is 6.36. The van der Waals surface area contributed by atoms with Gasteiger partial charge in [-0.05, 0) is 18.3 Å². The van der Waals surface area contributed by atoms with Gasteiger partial charge in [-0.25, -0.2) is 0 Å². The Morgan fingerprint density at radius 2 is 1.40 bits per heavy atom. The Labute approximate surface area is 95.7 Å². The van der Waals surface area contributed by atoms with E-state index in [0.29, 0.717) is 11.8 Å². The van der Waals surface area contributed by atoms with E-state index in [4.69, 9.17) is 0 Å². The zero-order chi connectivity index (χ0) is 11.8. The van der Waals surface area contributed by atoms with Crippen LogP contribution in [0.25, 0.3) is 0 Å². The van der Waals surface area contributed by atoms with Crippen LogP contribution in [-0.2, 0) is 0 Å². The highest BCUT2D eigenvalue weighted by molar-refractivity contribution is 4.67. The summed E-state index contributed by atoms with van der Waals surface area (Å²) in [6, 6.07) is 0. The van der Waals surface area contributed by atoms with Gasteiger partial charge in [0, 0.05) is 19.6 Å². The van der Waals surface area contributed by atoms with Crippen LogP contribution in [0.5, 0.6) is 0 Å². The number of aliphatic hydroxyl groups is 1. The summed E-state index contributed by atoms with van der Waals surface area (Å²) >= 11 is 0. The van der Waals surface area contributed by atoms with Gasteiger partial charge in [-0.1, -0.05) is 41.0 Å². The maximum Gasteiger partial charge on any atom is 0.0667 e. The normalized spacial score (nSPS) is 14.2. The molecule has 1 N–H and O–H groups in total. The topological polar surface area (TPSA) is 23.5 Å². The van der Waals surface area contributed by atoms with Crippen molar-refractivity contribution in [3.8, 4) is 0 Å². The van der Waals surface area contributed by atoms with Crippen molar-refractivity contribution in [2.24, 2.45) is 11.8 Å². The molecule has 0 bridgehead atoms. The van der Waals surface area contributed by atoms with E-state index in [-0.39, 0.29) is 6.10 Å². The molecule has 0 aromatic rings. The molecule has 2 heteroatoms. The molecule has 15 heavy (non-hydrogen) atoms. The molecule has 0 aliphatic rings. The van der Waals surface area contributed by atoms with Crippen LogP contribution in [0.4, 0.5) is 0 Å². The number of nitrogens with zero attached hydrogens (tertiary/aromatic N) is 1. The molecule has 2 nitrogen and oxygen atoms in total. The quantitative estimate of drug-likeness (QED) is 0.673. The van der Waals surface area contributed by atoms with E-state index >= 15 is 0 Å². The van der Waals surface area contributed by atoms with Gasteiger partial charge in [-0.2, -0.15) is 0 Å². The molecule has 0 heterocycles. The van der Waals surface area contributed by atoms with Crippen molar-refractivity contribution >= 4 is 0 Å². The molecule has 0 fully saturated rings. The van der Waals surface area contributed by atoms with Gasteiger partial charge in [0.05, 0.1) is 6.10 Å². The van der Waals surface area contributed by atoms with Crippen LogP contribution in [0.15, 0.2) is 0 Å². The summed E-state index contributed by atoms with van der Waals surface area (Å²) in [7, 11) is 0. The van der Waals surface area contributed by atoms with E-state index < -0.39 is 0 Å². The van der Waals surface area contributed by atoms with Gasteiger partial charge in [0.1, 0.15) is 0 Å². The molecule has 0 radical (unpaired) electrons. The predicted octanol–water partition coefficient (Wildman–Crippen LogP) is 2.76. The first-order chi connectivity index (χ1) is 6.95. The number of rotatable bonds is 8. The second-order valence-corrected chi connectivity index (χ2v) is 5.45. The fourth-order valence-electron chi connectivity index (χ4n) is 1.98. The lowest BCUT2D eigenvalue weighted by atomic mass is 10.1. The van der Waals surface area contributed by atoms with Crippen LogP contribution in [0.2, 0.25) is 0 Å². The van der Waals surface area contributed by atoms with Crippen molar-refractivity contribution in [2.75, 3.05) is 19.6 Å². The Bertz CT molecular complexity index is 135. The summed E-state index contributed by atoms with van der Waals surface area (Å²) in [5.41, 5.74) is 0. The van der Waals surface area contributed by atoms with E-state index in [0.717, 1.165) is 32.5 Å². The summed E-state index contributed by atoms with van der Waals surface area (Å²) in [6.45, 7) is 14.1. The number of hydrogen-bond acceptors (Lipinski definition) is 2. The molecule has 0 aromatic heterocycles. The van der Waals surface area contributed by atoms with Gasteiger partial charge >= 0.3 is 0 Å². The van der Waals surface area contributed by atoms with E-state index in [9.17, 15) is 5.11 Å². The van der Waals surface area contributed by atoms with Crippen molar-refractivity contribution in [1.82, 2.24) is 4.90 Å². The third-order valence-corrected chi connectivity index (χ3v) is 2.34. The Balaban J connectivity index is 3.99. The Kier molecular flexibility index (Phi) is 8.07. The average molecular weight is 215 g/mol. The third-order valence-electron chi connectivity index (χ3n) is 2.34. The van der Waals surface area contributed by atoms with Gasteiger partial charge < -0.3 is 10.0 Å². The van der Waals surface area contributed by atoms with Crippen molar-refractivity contribution < 1.29 is 5.11 Å². The molecule has 1 atom stereocenters. The van der Waals surface area contributed by atoms with E-state index in [1.54, 1.807) is 0 Å². The molecule has 1 unspecified atom stereocenters. The lowest BCUT2D eigenvalue weighted by Gasteiger charge is -2.28. The van der Waals surface area contributed by atoms with Crippen molar-refractivity contribution in [1.29, 1.82) is 0 Å². The largest absolute Gasteiger partial charge is 0.392 e. The first-order valence-corrected chi connectivity index (χ1v) is 6.36. The summed E-state index contributed by atoms with van der Waals surface area (Å²) in [5, 5.41) is 9.80. The van der Waals surface area contributed by atoms with Crippen LogP contribution < -0.4 is 0 Å². The van der Waals surface area contributed by atoms with Crippen LogP contribution in [0.1, 0.15) is 47.5 Å². The van der Waals surface area contributed by atoms with Crippen molar-refractivity contribution in [2.45, 2.75) is 53.6 Å². The van der Waals surface area contributed by atoms with Gasteiger partial charge in [0.2, 0.25) is 0 Å². The molecular weight excluding hydrogens is 186 g/mol. The second kappa shape index (κ2) is 8.12. The maximum atomic E-state index is 9.80. The average Bonchev–Trinajstić information content (AvgIpc) is 2.00. The van der Waals surface area contributed by atoms with Crippen LogP contribution in [0.3, 0.4) is 0 Å². The highest BCUT2D eigenvalue weighted by atomic mass is 16.3. The highest BCUT2D eigenvalue weighted by Gasteiger charge is 2.13. The lowest BCUT2D eigenvalue weighted by molar-refractivity contribution is 0.0918. The molecule has 92 valence electrons. The smallest absolute Gasteiger partial charge is 0.0667 e. The summed E-state index contributed by atoms with van der Waals surface area (Å²) in [4.78, 5) is 2.40. The van der Waals surface area contributed by atoms with Gasteiger partial charge in [-0.15, -0.1) is 0 Å². The fraction of sp³-hybridized carbons (Fsp3) is 1.00. The first kappa shape index (κ1) is 14.9. The summed E-state index contributed by atoms with van der Waals surface area (Å²) in [5.74, 6) is 1.36. The number of hydrogen-bond donors (Lipinski definition) is 1. The molecular formula is C13H29NO. The minimum atomic E-state index is -0.146. The molecule has 0 rings (SSSR count). The van der Waals surface area contributed by atoms with Crippen LogP contribution in [0, 0.1) is 11.8 Å². The Morgan fingerprint density at radius 3 is 1.73 bits per heavy atom. The Morgan fingerprint density at radius 1 is 0.933 bits per heavy atom. The van der Waals surface area contributed by atoms with Crippen molar-refractivity contribution in [3.05, 3.63) is 0 Å². The fourth-order valence-corrected chi connectivity index (χ4v) is 1.98. The van der Waals surface area contributed by atoms with Gasteiger partial charge in [-0.3, -0.25) is 0 Å². The highest BCUT2D eigenvalue weighted by Crippen LogP contribution is 2.07. The predicted molar refractivity (Wildman–Crippen MR) is 67.0 cm³/mol. The summed E-state index contributed by atoms with van der Waals surface area (Å²) < 4.78 is 0. The monoisotopic (exact) mass is 215 g/mol. The third kappa shape index (κ3) is 8.88. The van der Waals surface area contributed by atoms with Crippen LogP contribution >= 0.6 is 0 Å². The maximum absolute atomic E-state index is 9.80. The zero-order valence-electron chi connectivity index (χ0n) is 11.2. The second-order valence-electron chi connectivity index (χ2n) is 5.45. The molecule has 0 aliphatic heterocycles. The standard InChI is InChI=1S/C13H29NO/c1-6-7-13(15)10-14(8-11(2)3)9-12(4)5/h11-13,15H,6-10H2,1-5H3. The minimum absolute atomic E-state index is 0.146. The zero-order valence-corrected chi connectivity index (χ0v) is 11.2. The van der Waals surface area contributed by atoms with E-state index in [1.165, 1.54) is 0 Å². The van der Waals surface area contributed by atoms with Crippen molar-refractivity contribution in [3.63, 3.8) is 0 Å². The molecule has 0 saturated carbocycles.